The predicted octanol–water partition coefficient (Wildman–Crippen LogP) is 5.60. The summed E-state index contributed by atoms with van der Waals surface area (Å²) in [7, 11) is 0. The third-order valence-corrected chi connectivity index (χ3v) is 7.66. The van der Waals surface area contributed by atoms with Crippen LogP contribution in [0.1, 0.15) is 28.5 Å². The van der Waals surface area contributed by atoms with Crippen molar-refractivity contribution in [2.75, 3.05) is 23.3 Å². The van der Waals surface area contributed by atoms with Gasteiger partial charge in [-0.05, 0) is 61.3 Å². The van der Waals surface area contributed by atoms with E-state index in [2.05, 4.69) is 22.2 Å². The quantitative estimate of drug-likeness (QED) is 0.308. The molecule has 1 saturated heterocycles. The lowest BCUT2D eigenvalue weighted by Crippen LogP contribution is -2.39. The van der Waals surface area contributed by atoms with Crippen molar-refractivity contribution in [3.63, 3.8) is 0 Å². The van der Waals surface area contributed by atoms with E-state index in [1.165, 1.54) is 11.0 Å². The van der Waals surface area contributed by atoms with Gasteiger partial charge in [-0.2, -0.15) is 0 Å². The lowest BCUT2D eigenvalue weighted by atomic mass is 10.1. The number of ether oxygens (including phenoxy) is 1. The fourth-order valence-corrected chi connectivity index (χ4v) is 5.81. The van der Waals surface area contributed by atoms with Crippen LogP contribution in [0.15, 0.2) is 73.3 Å². The molecule has 4 heterocycles. The first-order chi connectivity index (χ1) is 21.0. The second-order valence-electron chi connectivity index (χ2n) is 9.03. The molecule has 4 amide bonds. The summed E-state index contributed by atoms with van der Waals surface area (Å²) < 4.78 is 45.5. The van der Waals surface area contributed by atoms with Crippen LogP contribution in [0.3, 0.4) is 0 Å². The van der Waals surface area contributed by atoms with Gasteiger partial charge in [0, 0.05) is 25.3 Å². The fourth-order valence-electron chi connectivity index (χ4n) is 4.79. The van der Waals surface area contributed by atoms with E-state index in [-0.39, 0.29) is 29.4 Å². The standard InChI is InChI=1S/C29H25N5O4S/c1-3-23(35)33-14-12-18(16-33)31-27(36)26-25-24-22(11-13-30-28(24)39-26)34(29(37)32-25)21-10-9-20(15-17(21)2)38-19-7-5-4-6-8-19/h3-11,13,15,18H,1,12,14,16H2,2H3,(H,31,36)(H,32,37)/i4D,5D,6D,7D,8D. The maximum Gasteiger partial charge on any atom is 0.331 e. The predicted molar refractivity (Wildman–Crippen MR) is 151 cm³/mol. The van der Waals surface area contributed by atoms with E-state index in [1.54, 1.807) is 42.3 Å². The van der Waals surface area contributed by atoms with Gasteiger partial charge in [0.05, 0.1) is 29.3 Å². The monoisotopic (exact) mass is 544 g/mol. The highest BCUT2D eigenvalue weighted by Gasteiger charge is 2.34. The van der Waals surface area contributed by atoms with E-state index in [0.717, 1.165) is 11.3 Å². The molecule has 1 atom stereocenters. The van der Waals surface area contributed by atoms with Crippen molar-refractivity contribution in [2.24, 2.45) is 0 Å². The molecule has 9 nitrogen and oxygen atoms in total. The molecule has 0 bridgehead atoms. The second-order valence-corrected chi connectivity index (χ2v) is 10.0. The number of para-hydroxylation sites is 1. The largest absolute Gasteiger partial charge is 0.457 e. The molecule has 1 unspecified atom stereocenters. The average molecular weight is 545 g/mol. The highest BCUT2D eigenvalue weighted by molar-refractivity contribution is 7.21. The fraction of sp³-hybridized carbons (Fsp3) is 0.172. The van der Waals surface area contributed by atoms with E-state index in [1.807, 2.05) is 0 Å². The van der Waals surface area contributed by atoms with Crippen LogP contribution < -0.4 is 20.3 Å². The number of pyridine rings is 1. The van der Waals surface area contributed by atoms with Crippen molar-refractivity contribution < 1.29 is 26.0 Å². The van der Waals surface area contributed by atoms with Crippen LogP contribution in [0.4, 0.5) is 21.9 Å². The first-order valence-electron chi connectivity index (χ1n) is 14.6. The third kappa shape index (κ3) is 4.48. The zero-order chi connectivity index (χ0) is 31.4. The highest BCUT2D eigenvalue weighted by Crippen LogP contribution is 2.46. The Kier molecular flexibility index (Phi) is 4.91. The van der Waals surface area contributed by atoms with E-state index in [0.29, 0.717) is 57.2 Å². The lowest BCUT2D eigenvalue weighted by Gasteiger charge is -2.29. The Bertz CT molecular complexity index is 1890. The molecule has 39 heavy (non-hydrogen) atoms. The van der Waals surface area contributed by atoms with Gasteiger partial charge in [0.15, 0.2) is 0 Å². The summed E-state index contributed by atoms with van der Waals surface area (Å²) in [4.78, 5) is 47.2. The molecule has 0 spiro atoms. The molecular weight excluding hydrogens is 514 g/mol. The molecule has 6 rings (SSSR count). The number of rotatable bonds is 6. The number of aryl methyl sites for hydroxylation is 1. The molecule has 4 aromatic rings. The number of hydrogen-bond donors (Lipinski definition) is 2. The Morgan fingerprint density at radius 3 is 2.82 bits per heavy atom. The molecular formula is C29H25N5O4S. The smallest absolute Gasteiger partial charge is 0.331 e. The summed E-state index contributed by atoms with van der Waals surface area (Å²) in [6, 6.07) is 3.27. The molecule has 0 saturated carbocycles. The molecule has 10 heteroatoms. The maximum atomic E-state index is 13.6. The average Bonchev–Trinajstić information content (AvgIpc) is 3.63. The van der Waals surface area contributed by atoms with Gasteiger partial charge < -0.3 is 20.3 Å². The molecule has 2 aromatic carbocycles. The summed E-state index contributed by atoms with van der Waals surface area (Å²) in [6.45, 7) is 6.14. The van der Waals surface area contributed by atoms with Gasteiger partial charge in [-0.3, -0.25) is 14.5 Å². The van der Waals surface area contributed by atoms with Crippen LogP contribution in [0.2, 0.25) is 0 Å². The number of nitrogens with zero attached hydrogens (tertiary/aromatic N) is 3. The minimum atomic E-state index is -0.516. The number of nitrogens with one attached hydrogen (secondary N) is 2. The Morgan fingerprint density at radius 1 is 1.23 bits per heavy atom. The van der Waals surface area contributed by atoms with Gasteiger partial charge in [0.1, 0.15) is 21.2 Å². The normalized spacial score (nSPS) is 18.0. The number of amides is 4. The minimum absolute atomic E-state index is 0.191. The van der Waals surface area contributed by atoms with Gasteiger partial charge in [0.2, 0.25) is 5.91 Å². The van der Waals surface area contributed by atoms with E-state index in [9.17, 15) is 14.4 Å². The number of urea groups is 1. The number of carbonyl (C=O) groups is 3. The topological polar surface area (TPSA) is 104 Å². The minimum Gasteiger partial charge on any atom is -0.457 e. The van der Waals surface area contributed by atoms with E-state index < -0.39 is 36.2 Å². The Hall–Kier alpha value is -4.70. The Balaban J connectivity index is 1.30. The van der Waals surface area contributed by atoms with Gasteiger partial charge >= 0.3 is 6.03 Å². The molecule has 1 fully saturated rings. The SMILES string of the molecule is [2H]c1c([2H])c([2H])c(Oc2ccc(N3C(=O)Nc4c(C(=O)NC5CCN(C(=O)C=C)C5)sc5nccc3c45)c(C)c2)c([2H])c1[2H]. The van der Waals surface area contributed by atoms with Crippen LogP contribution >= 0.6 is 11.3 Å². The van der Waals surface area contributed by atoms with E-state index >= 15 is 0 Å². The van der Waals surface area contributed by atoms with Crippen molar-refractivity contribution >= 4 is 56.5 Å². The van der Waals surface area contributed by atoms with Gasteiger partial charge in [-0.1, -0.05) is 24.7 Å². The summed E-state index contributed by atoms with van der Waals surface area (Å²) in [5, 5.41) is 6.43. The Morgan fingerprint density at radius 2 is 2.05 bits per heavy atom. The van der Waals surface area contributed by atoms with Gasteiger partial charge in [-0.25, -0.2) is 9.78 Å². The van der Waals surface area contributed by atoms with Crippen molar-refractivity contribution in [1.82, 2.24) is 15.2 Å². The number of thiophene rings is 1. The zero-order valence-corrected chi connectivity index (χ0v) is 21.6. The number of benzene rings is 2. The molecule has 196 valence electrons. The summed E-state index contributed by atoms with van der Waals surface area (Å²) >= 11 is 1.16. The first kappa shape index (κ1) is 19.4. The van der Waals surface area contributed by atoms with E-state index in [4.69, 9.17) is 11.6 Å². The first-order valence-corrected chi connectivity index (χ1v) is 12.9. The zero-order valence-electron chi connectivity index (χ0n) is 25.8. The van der Waals surface area contributed by atoms with Crippen LogP contribution in [-0.2, 0) is 4.79 Å². The molecule has 0 aliphatic carbocycles. The number of aromatic nitrogens is 1. The van der Waals surface area contributed by atoms with Crippen LogP contribution in [-0.4, -0.2) is 46.9 Å². The lowest BCUT2D eigenvalue weighted by molar-refractivity contribution is -0.125. The number of hydrogen-bond acceptors (Lipinski definition) is 6. The molecule has 2 aliphatic rings. The number of likely N-dealkylation sites (tertiary alicyclic amines) is 1. The highest BCUT2D eigenvalue weighted by atomic mass is 32.1. The van der Waals surface area contributed by atoms with Crippen LogP contribution in [0, 0.1) is 6.92 Å². The van der Waals surface area contributed by atoms with Crippen molar-refractivity contribution in [1.29, 1.82) is 0 Å². The van der Waals surface area contributed by atoms with Gasteiger partial charge in [0.25, 0.3) is 5.91 Å². The van der Waals surface area contributed by atoms with Crippen molar-refractivity contribution in [3.05, 3.63) is 83.8 Å². The molecule has 0 radical (unpaired) electrons. The van der Waals surface area contributed by atoms with Crippen molar-refractivity contribution in [2.45, 2.75) is 19.4 Å². The number of carbonyl (C=O) groups excluding carboxylic acids is 3. The summed E-state index contributed by atoms with van der Waals surface area (Å²) in [6.07, 6.45) is 3.41. The Labute approximate surface area is 235 Å². The summed E-state index contributed by atoms with van der Waals surface area (Å²) in [5.74, 6) is -0.645. The number of anilines is 3. The summed E-state index contributed by atoms with van der Waals surface area (Å²) in [5.41, 5.74) is 1.99. The molecule has 2 aliphatic heterocycles. The second kappa shape index (κ2) is 9.88. The van der Waals surface area contributed by atoms with Gasteiger partial charge in [-0.15, -0.1) is 11.3 Å². The van der Waals surface area contributed by atoms with Crippen LogP contribution in [0.5, 0.6) is 11.5 Å². The molecule has 2 aromatic heterocycles. The molecule has 2 N–H and O–H groups in total. The van der Waals surface area contributed by atoms with Crippen LogP contribution in [0.25, 0.3) is 10.2 Å². The third-order valence-electron chi connectivity index (χ3n) is 6.57. The maximum absolute atomic E-state index is 13.6. The van der Waals surface area contributed by atoms with Crippen molar-refractivity contribution in [3.8, 4) is 11.5 Å².